The molecule has 0 fully saturated rings. The molecular formula is C18H18F3N3O3. The van der Waals surface area contributed by atoms with E-state index in [2.05, 4.69) is 10.2 Å². The smallest absolute Gasteiger partial charge is 0.438 e. The minimum absolute atomic E-state index is 0.257. The molecule has 2 aromatic rings. The lowest BCUT2D eigenvalue weighted by Crippen LogP contribution is -2.73. The highest BCUT2D eigenvalue weighted by Gasteiger charge is 2.63. The maximum atomic E-state index is 13.8. The summed E-state index contributed by atoms with van der Waals surface area (Å²) in [7, 11) is 0.802. The van der Waals surface area contributed by atoms with Gasteiger partial charge in [0, 0.05) is 5.69 Å². The molecule has 0 radical (unpaired) electrons. The van der Waals surface area contributed by atoms with E-state index in [1.165, 1.54) is 12.1 Å². The standard InChI is InChI=1S/C18H18F3N3O3/c1-27-16(26)17(18(19,20)21,24-23-14-10-6-3-7-11-14)22-15(25)12-13-8-4-2-5-9-13/h2-11,23-24H,12H2,1H3,(H,22,25)/t17-/m0/s1. The Morgan fingerprint density at radius 1 is 0.963 bits per heavy atom. The number of alkyl halides is 3. The molecule has 2 aromatic carbocycles. The second-order valence-corrected chi connectivity index (χ2v) is 5.57. The number of nitrogens with one attached hydrogen (secondary N) is 3. The van der Waals surface area contributed by atoms with Gasteiger partial charge in [-0.1, -0.05) is 48.5 Å². The maximum Gasteiger partial charge on any atom is 0.438 e. The van der Waals surface area contributed by atoms with Crippen LogP contribution in [0.1, 0.15) is 5.56 Å². The second-order valence-electron chi connectivity index (χ2n) is 5.57. The van der Waals surface area contributed by atoms with Crippen molar-refractivity contribution < 1.29 is 27.5 Å². The van der Waals surface area contributed by atoms with Crippen molar-refractivity contribution >= 4 is 17.6 Å². The molecule has 9 heteroatoms. The number of ether oxygens (including phenoxy) is 1. The minimum Gasteiger partial charge on any atom is -0.466 e. The molecule has 0 aliphatic rings. The number of hydrogen-bond acceptors (Lipinski definition) is 5. The third kappa shape index (κ3) is 4.98. The number of rotatable bonds is 7. The van der Waals surface area contributed by atoms with E-state index in [1.54, 1.807) is 53.8 Å². The van der Waals surface area contributed by atoms with Gasteiger partial charge in [0.25, 0.3) is 0 Å². The largest absolute Gasteiger partial charge is 0.466 e. The van der Waals surface area contributed by atoms with Gasteiger partial charge in [-0.2, -0.15) is 18.6 Å². The molecular weight excluding hydrogens is 363 g/mol. The maximum absolute atomic E-state index is 13.8. The first-order chi connectivity index (χ1) is 12.8. The third-order valence-electron chi connectivity index (χ3n) is 3.62. The Kier molecular flexibility index (Phi) is 6.40. The number of hydrogen-bond donors (Lipinski definition) is 3. The molecule has 0 heterocycles. The van der Waals surface area contributed by atoms with Gasteiger partial charge in [-0.3, -0.25) is 4.79 Å². The van der Waals surface area contributed by atoms with E-state index < -0.39 is 23.7 Å². The van der Waals surface area contributed by atoms with Gasteiger partial charge in [0.15, 0.2) is 0 Å². The summed E-state index contributed by atoms with van der Waals surface area (Å²) in [6.07, 6.45) is -5.53. The molecule has 1 atom stereocenters. The summed E-state index contributed by atoms with van der Waals surface area (Å²) < 4.78 is 45.7. The number of anilines is 1. The molecule has 0 aromatic heterocycles. The Balaban J connectivity index is 2.26. The Morgan fingerprint density at radius 2 is 1.52 bits per heavy atom. The van der Waals surface area contributed by atoms with Crippen LogP contribution in [0.4, 0.5) is 18.9 Å². The average molecular weight is 381 g/mol. The third-order valence-corrected chi connectivity index (χ3v) is 3.62. The molecule has 0 aliphatic heterocycles. The van der Waals surface area contributed by atoms with Crippen molar-refractivity contribution in [3.05, 3.63) is 66.2 Å². The van der Waals surface area contributed by atoms with Gasteiger partial charge >= 0.3 is 17.8 Å². The minimum atomic E-state index is -5.19. The van der Waals surface area contributed by atoms with Crippen LogP contribution in [-0.4, -0.2) is 30.8 Å². The fourth-order valence-corrected chi connectivity index (χ4v) is 2.27. The van der Waals surface area contributed by atoms with Crippen LogP contribution in [0.5, 0.6) is 0 Å². The Morgan fingerprint density at radius 3 is 2.04 bits per heavy atom. The molecule has 0 aliphatic carbocycles. The topological polar surface area (TPSA) is 79.5 Å². The Bertz CT molecular complexity index is 770. The Labute approximate surface area is 153 Å². The molecule has 144 valence electrons. The highest BCUT2D eigenvalue weighted by atomic mass is 19.4. The summed E-state index contributed by atoms with van der Waals surface area (Å²) in [5.41, 5.74) is 1.45. The van der Waals surface area contributed by atoms with Crippen molar-refractivity contribution in [2.75, 3.05) is 12.5 Å². The first-order valence-electron chi connectivity index (χ1n) is 7.87. The predicted octanol–water partition coefficient (Wildman–Crippen LogP) is 2.39. The molecule has 3 N–H and O–H groups in total. The number of carbonyl (C=O) groups excluding carboxylic acids is 2. The van der Waals surface area contributed by atoms with E-state index >= 15 is 0 Å². The molecule has 1 amide bonds. The van der Waals surface area contributed by atoms with E-state index in [1.807, 2.05) is 5.43 Å². The van der Waals surface area contributed by atoms with Crippen molar-refractivity contribution in [3.8, 4) is 0 Å². The van der Waals surface area contributed by atoms with E-state index in [4.69, 9.17) is 0 Å². The van der Waals surface area contributed by atoms with E-state index in [9.17, 15) is 22.8 Å². The molecule has 0 spiro atoms. The lowest BCUT2D eigenvalue weighted by atomic mass is 10.1. The normalized spacial score (nSPS) is 13.3. The van der Waals surface area contributed by atoms with Crippen LogP contribution in [0.25, 0.3) is 0 Å². The number of amides is 1. The van der Waals surface area contributed by atoms with Crippen LogP contribution in [0, 0.1) is 0 Å². The second kappa shape index (κ2) is 8.54. The highest BCUT2D eigenvalue weighted by molar-refractivity contribution is 5.89. The summed E-state index contributed by atoms with van der Waals surface area (Å²) in [5.74, 6) is -2.72. The van der Waals surface area contributed by atoms with E-state index in [0.717, 1.165) is 7.11 Å². The molecule has 0 bridgehead atoms. The van der Waals surface area contributed by atoms with E-state index in [-0.39, 0.29) is 12.1 Å². The van der Waals surface area contributed by atoms with Crippen LogP contribution in [0.15, 0.2) is 60.7 Å². The first-order valence-corrected chi connectivity index (χ1v) is 7.87. The van der Waals surface area contributed by atoms with Crippen molar-refractivity contribution in [2.45, 2.75) is 18.3 Å². The monoisotopic (exact) mass is 381 g/mol. The summed E-state index contributed by atoms with van der Waals surface area (Å²) in [4.78, 5) is 24.3. The van der Waals surface area contributed by atoms with Crippen molar-refractivity contribution in [2.24, 2.45) is 0 Å². The van der Waals surface area contributed by atoms with Crippen LogP contribution in [-0.2, 0) is 20.7 Å². The van der Waals surface area contributed by atoms with Crippen molar-refractivity contribution in [1.29, 1.82) is 0 Å². The van der Waals surface area contributed by atoms with Crippen LogP contribution in [0.2, 0.25) is 0 Å². The zero-order chi connectivity index (χ0) is 19.9. The molecule has 0 saturated carbocycles. The molecule has 27 heavy (non-hydrogen) atoms. The van der Waals surface area contributed by atoms with Gasteiger partial charge in [0.05, 0.1) is 13.5 Å². The zero-order valence-electron chi connectivity index (χ0n) is 14.3. The van der Waals surface area contributed by atoms with Crippen molar-refractivity contribution in [3.63, 3.8) is 0 Å². The first kappa shape index (κ1) is 20.2. The number of methoxy groups -OCH3 is 1. The highest BCUT2D eigenvalue weighted by Crippen LogP contribution is 2.30. The number of hydrazine groups is 1. The predicted molar refractivity (Wildman–Crippen MR) is 92.3 cm³/mol. The Hall–Kier alpha value is -3.07. The lowest BCUT2D eigenvalue weighted by Gasteiger charge is -2.34. The van der Waals surface area contributed by atoms with Crippen LogP contribution < -0.4 is 16.2 Å². The number of benzene rings is 2. The average Bonchev–Trinajstić information content (AvgIpc) is 2.65. The summed E-state index contributed by atoms with van der Waals surface area (Å²) in [6, 6.07) is 16.0. The van der Waals surface area contributed by atoms with Crippen LogP contribution in [0.3, 0.4) is 0 Å². The lowest BCUT2D eigenvalue weighted by molar-refractivity contribution is -0.219. The molecule has 6 nitrogen and oxygen atoms in total. The molecule has 0 unspecified atom stereocenters. The summed E-state index contributed by atoms with van der Waals surface area (Å²) >= 11 is 0. The summed E-state index contributed by atoms with van der Waals surface area (Å²) in [5, 5.41) is 1.73. The van der Waals surface area contributed by atoms with Gasteiger partial charge < -0.3 is 15.5 Å². The fourth-order valence-electron chi connectivity index (χ4n) is 2.27. The van der Waals surface area contributed by atoms with E-state index in [0.29, 0.717) is 5.56 Å². The quantitative estimate of drug-likeness (QED) is 0.390. The van der Waals surface area contributed by atoms with Crippen LogP contribution >= 0.6 is 0 Å². The van der Waals surface area contributed by atoms with Gasteiger partial charge in [-0.05, 0) is 17.7 Å². The molecule has 2 rings (SSSR count). The number of para-hydroxylation sites is 1. The number of esters is 1. The van der Waals surface area contributed by atoms with Gasteiger partial charge in [0.1, 0.15) is 0 Å². The number of halogens is 3. The van der Waals surface area contributed by atoms with Crippen molar-refractivity contribution in [1.82, 2.24) is 10.7 Å². The fraction of sp³-hybridized carbons (Fsp3) is 0.222. The SMILES string of the molecule is COC(=O)[C@@](NNc1ccccc1)(NC(=O)Cc1ccccc1)C(F)(F)F. The van der Waals surface area contributed by atoms with Gasteiger partial charge in [-0.15, -0.1) is 0 Å². The number of carbonyl (C=O) groups is 2. The molecule has 0 saturated heterocycles. The van der Waals surface area contributed by atoms with Gasteiger partial charge in [0.2, 0.25) is 5.91 Å². The zero-order valence-corrected chi connectivity index (χ0v) is 14.3. The van der Waals surface area contributed by atoms with Gasteiger partial charge in [-0.25, -0.2) is 4.79 Å². The summed E-state index contributed by atoms with van der Waals surface area (Å²) in [6.45, 7) is 0.